The molecule has 0 unspecified atom stereocenters. The van der Waals surface area contributed by atoms with Crippen molar-refractivity contribution < 1.29 is 8.42 Å². The highest BCUT2D eigenvalue weighted by atomic mass is 79.9. The number of halogens is 1. The van der Waals surface area contributed by atoms with E-state index in [1.807, 2.05) is 25.3 Å². The van der Waals surface area contributed by atoms with Gasteiger partial charge < -0.3 is 0 Å². The van der Waals surface area contributed by atoms with E-state index in [4.69, 9.17) is 0 Å². The molecule has 0 radical (unpaired) electrons. The van der Waals surface area contributed by atoms with Crippen molar-refractivity contribution in [3.05, 3.63) is 20.8 Å². The predicted octanol–water partition coefficient (Wildman–Crippen LogP) is 2.53. The zero-order valence-electron chi connectivity index (χ0n) is 10.2. The molecular formula is C10H17BrN2O2S2. The zero-order chi connectivity index (χ0) is 13.1. The maximum absolute atomic E-state index is 12.1. The van der Waals surface area contributed by atoms with E-state index in [9.17, 15) is 8.42 Å². The molecule has 0 fully saturated rings. The van der Waals surface area contributed by atoms with Crippen LogP contribution >= 0.6 is 27.3 Å². The topological polar surface area (TPSA) is 40.6 Å². The van der Waals surface area contributed by atoms with E-state index in [-0.39, 0.29) is 0 Å². The van der Waals surface area contributed by atoms with Crippen molar-refractivity contribution in [2.75, 3.05) is 20.1 Å². The Balaban J connectivity index is 2.79. The van der Waals surface area contributed by atoms with Gasteiger partial charge >= 0.3 is 0 Å². The Hall–Kier alpha value is 0.0500. The Morgan fingerprint density at radius 3 is 2.35 bits per heavy atom. The monoisotopic (exact) mass is 340 g/mol. The maximum atomic E-state index is 12.1. The molecule has 98 valence electrons. The summed E-state index contributed by atoms with van der Waals surface area (Å²) < 4.78 is 28.1. The number of thiophene rings is 1. The zero-order valence-corrected chi connectivity index (χ0v) is 13.4. The largest absolute Gasteiger partial charge is 0.282 e. The highest BCUT2D eigenvalue weighted by molar-refractivity contribution is 9.10. The van der Waals surface area contributed by atoms with Crippen molar-refractivity contribution >= 4 is 37.5 Å². The predicted molar refractivity (Wildman–Crippen MR) is 75.3 cm³/mol. The second kappa shape index (κ2) is 6.29. The van der Waals surface area contributed by atoms with E-state index in [1.165, 1.54) is 8.61 Å². The van der Waals surface area contributed by atoms with Crippen LogP contribution in [-0.2, 0) is 16.8 Å². The summed E-state index contributed by atoms with van der Waals surface area (Å²) in [7, 11) is -1.72. The maximum Gasteiger partial charge on any atom is 0.282 e. The van der Waals surface area contributed by atoms with Crippen LogP contribution in [0.4, 0.5) is 0 Å². The van der Waals surface area contributed by atoms with Crippen molar-refractivity contribution in [1.82, 2.24) is 8.61 Å². The first-order valence-corrected chi connectivity index (χ1v) is 8.43. The van der Waals surface area contributed by atoms with Crippen LogP contribution in [0.2, 0.25) is 0 Å². The molecule has 0 saturated carbocycles. The SMILES string of the molecule is CCN(CC)S(=O)(=O)N(C)Cc1cc(Br)cs1. The van der Waals surface area contributed by atoms with Crippen molar-refractivity contribution in [2.45, 2.75) is 20.4 Å². The lowest BCUT2D eigenvalue weighted by Crippen LogP contribution is -2.41. The standard InChI is InChI=1S/C10H17BrN2O2S2/c1-4-13(5-2)17(14,15)12(3)7-10-6-9(11)8-16-10/h6,8H,4-5,7H2,1-3H3. The summed E-state index contributed by atoms with van der Waals surface area (Å²) in [5, 5.41) is 1.95. The summed E-state index contributed by atoms with van der Waals surface area (Å²) in [5.74, 6) is 0. The van der Waals surface area contributed by atoms with E-state index in [2.05, 4.69) is 15.9 Å². The average molecular weight is 341 g/mol. The van der Waals surface area contributed by atoms with Gasteiger partial charge in [0.2, 0.25) is 0 Å². The fourth-order valence-electron chi connectivity index (χ4n) is 1.48. The molecule has 0 aliphatic rings. The Morgan fingerprint density at radius 1 is 1.35 bits per heavy atom. The molecule has 1 rings (SSSR count). The second-order valence-electron chi connectivity index (χ2n) is 3.58. The van der Waals surface area contributed by atoms with Crippen LogP contribution in [0.1, 0.15) is 18.7 Å². The minimum atomic E-state index is -3.33. The molecule has 0 aromatic carbocycles. The van der Waals surface area contributed by atoms with Gasteiger partial charge in [-0.15, -0.1) is 11.3 Å². The normalized spacial score (nSPS) is 12.6. The smallest absolute Gasteiger partial charge is 0.195 e. The summed E-state index contributed by atoms with van der Waals surface area (Å²) in [5.41, 5.74) is 0. The molecule has 4 nitrogen and oxygen atoms in total. The van der Waals surface area contributed by atoms with Crippen LogP contribution in [0.5, 0.6) is 0 Å². The molecule has 0 amide bonds. The molecule has 0 N–H and O–H groups in total. The summed E-state index contributed by atoms with van der Waals surface area (Å²) in [6, 6.07) is 1.94. The third kappa shape index (κ3) is 3.75. The first kappa shape index (κ1) is 15.1. The summed E-state index contributed by atoms with van der Waals surface area (Å²) in [4.78, 5) is 1.02. The Bertz CT molecular complexity index is 455. The lowest BCUT2D eigenvalue weighted by molar-refractivity contribution is 0.376. The molecule has 1 aromatic heterocycles. The van der Waals surface area contributed by atoms with E-state index < -0.39 is 10.2 Å². The highest BCUT2D eigenvalue weighted by Gasteiger charge is 2.24. The number of rotatable bonds is 6. The quantitative estimate of drug-likeness (QED) is 0.798. The fourth-order valence-corrected chi connectivity index (χ4v) is 4.42. The van der Waals surface area contributed by atoms with Crippen LogP contribution in [0.3, 0.4) is 0 Å². The summed E-state index contributed by atoms with van der Waals surface area (Å²) >= 11 is 4.91. The molecule has 17 heavy (non-hydrogen) atoms. The molecule has 0 bridgehead atoms. The Labute approximate surface area is 116 Å². The van der Waals surface area contributed by atoms with Crippen molar-refractivity contribution in [3.8, 4) is 0 Å². The minimum Gasteiger partial charge on any atom is -0.195 e. The van der Waals surface area contributed by atoms with Crippen LogP contribution in [-0.4, -0.2) is 37.2 Å². The van der Waals surface area contributed by atoms with Crippen molar-refractivity contribution in [1.29, 1.82) is 0 Å². The summed E-state index contributed by atoms with van der Waals surface area (Å²) in [6.07, 6.45) is 0. The first-order valence-electron chi connectivity index (χ1n) is 5.36. The fraction of sp³-hybridized carbons (Fsp3) is 0.600. The molecule has 0 spiro atoms. The number of nitrogens with zero attached hydrogens (tertiary/aromatic N) is 2. The Kier molecular flexibility index (Phi) is 5.59. The van der Waals surface area contributed by atoms with Crippen molar-refractivity contribution in [3.63, 3.8) is 0 Å². The minimum absolute atomic E-state index is 0.412. The van der Waals surface area contributed by atoms with Gasteiger partial charge in [-0.25, -0.2) is 0 Å². The molecule has 7 heteroatoms. The third-order valence-corrected chi connectivity index (χ3v) is 6.19. The Morgan fingerprint density at radius 2 is 1.94 bits per heavy atom. The van der Waals surface area contributed by atoms with Gasteiger partial charge in [0.15, 0.2) is 0 Å². The lowest BCUT2D eigenvalue weighted by atomic mass is 10.5. The molecule has 1 aromatic rings. The molecule has 0 aliphatic carbocycles. The molecular weight excluding hydrogens is 324 g/mol. The van der Waals surface area contributed by atoms with Crippen LogP contribution in [0, 0.1) is 0 Å². The van der Waals surface area contributed by atoms with Crippen LogP contribution < -0.4 is 0 Å². The first-order chi connectivity index (χ1) is 7.91. The van der Waals surface area contributed by atoms with Gasteiger partial charge in [0.1, 0.15) is 0 Å². The van der Waals surface area contributed by atoms with Gasteiger partial charge in [0.25, 0.3) is 10.2 Å². The van der Waals surface area contributed by atoms with E-state index >= 15 is 0 Å². The van der Waals surface area contributed by atoms with E-state index in [1.54, 1.807) is 18.4 Å². The molecule has 0 aliphatic heterocycles. The molecule has 0 saturated heterocycles. The van der Waals surface area contributed by atoms with E-state index in [0.717, 1.165) is 9.35 Å². The van der Waals surface area contributed by atoms with Gasteiger partial charge in [0, 0.05) is 41.4 Å². The van der Waals surface area contributed by atoms with Crippen LogP contribution in [0.15, 0.2) is 15.9 Å². The van der Waals surface area contributed by atoms with E-state index in [0.29, 0.717) is 19.6 Å². The number of hydrogen-bond donors (Lipinski definition) is 0. The van der Waals surface area contributed by atoms with Crippen LogP contribution in [0.25, 0.3) is 0 Å². The van der Waals surface area contributed by atoms with Gasteiger partial charge in [0.05, 0.1) is 0 Å². The lowest BCUT2D eigenvalue weighted by Gasteiger charge is -2.25. The average Bonchev–Trinajstić information content (AvgIpc) is 2.65. The van der Waals surface area contributed by atoms with Gasteiger partial charge in [-0.1, -0.05) is 13.8 Å². The second-order valence-corrected chi connectivity index (χ2v) is 7.53. The highest BCUT2D eigenvalue weighted by Crippen LogP contribution is 2.22. The molecule has 0 atom stereocenters. The molecule has 1 heterocycles. The van der Waals surface area contributed by atoms with Crippen molar-refractivity contribution in [2.24, 2.45) is 0 Å². The van der Waals surface area contributed by atoms with Gasteiger partial charge in [-0.3, -0.25) is 0 Å². The number of hydrogen-bond acceptors (Lipinski definition) is 3. The third-order valence-electron chi connectivity index (χ3n) is 2.43. The van der Waals surface area contributed by atoms with Gasteiger partial charge in [-0.05, 0) is 22.0 Å². The summed E-state index contributed by atoms with van der Waals surface area (Å²) in [6.45, 7) is 5.09. The van der Waals surface area contributed by atoms with Gasteiger partial charge in [-0.2, -0.15) is 17.0 Å².